The minimum atomic E-state index is -0.477. The van der Waals surface area contributed by atoms with Gasteiger partial charge < -0.3 is 9.72 Å². The summed E-state index contributed by atoms with van der Waals surface area (Å²) in [5, 5.41) is 4.16. The number of fused-ring (bicyclic) bond motifs is 1. The average Bonchev–Trinajstić information content (AvgIpc) is 2.72. The highest BCUT2D eigenvalue weighted by atomic mass is 16.5. The van der Waals surface area contributed by atoms with Gasteiger partial charge in [-0.05, 0) is 19.3 Å². The molecule has 0 saturated heterocycles. The number of nitrogens with one attached hydrogen (secondary N) is 1. The summed E-state index contributed by atoms with van der Waals surface area (Å²) in [4.78, 5) is 26.1. The Labute approximate surface area is 110 Å². The molecule has 0 aliphatic carbocycles. The number of aromatic nitrogens is 3. The summed E-state index contributed by atoms with van der Waals surface area (Å²) < 4.78 is 6.53. The summed E-state index contributed by atoms with van der Waals surface area (Å²) in [6.07, 6.45) is 2.14. The number of esters is 1. The summed E-state index contributed by atoms with van der Waals surface area (Å²) in [5.74, 6) is -0.0879. The monoisotopic (exact) mass is 263 g/mol. The fourth-order valence-corrected chi connectivity index (χ4v) is 1.97. The molecule has 6 nitrogen and oxygen atoms in total. The van der Waals surface area contributed by atoms with Crippen LogP contribution in [0, 0.1) is 5.92 Å². The van der Waals surface area contributed by atoms with E-state index in [0.29, 0.717) is 18.0 Å². The first-order valence-electron chi connectivity index (χ1n) is 6.30. The Hall–Kier alpha value is -2.11. The van der Waals surface area contributed by atoms with Crippen LogP contribution >= 0.6 is 0 Å². The summed E-state index contributed by atoms with van der Waals surface area (Å²) in [7, 11) is 0. The van der Waals surface area contributed by atoms with E-state index >= 15 is 0 Å². The van der Waals surface area contributed by atoms with Crippen molar-refractivity contribution in [3.63, 3.8) is 0 Å². The number of carbonyl (C=O) groups excluding carboxylic acids is 1. The third-order valence-electron chi connectivity index (χ3n) is 2.69. The first-order chi connectivity index (χ1) is 9.02. The summed E-state index contributed by atoms with van der Waals surface area (Å²) in [5.41, 5.74) is 1.21. The van der Waals surface area contributed by atoms with Gasteiger partial charge >= 0.3 is 5.97 Å². The Morgan fingerprint density at radius 3 is 2.89 bits per heavy atom. The lowest BCUT2D eigenvalue weighted by Crippen LogP contribution is -2.15. The number of carbonyl (C=O) groups is 1. The number of hydrogen-bond acceptors (Lipinski definition) is 4. The van der Waals surface area contributed by atoms with E-state index in [-0.39, 0.29) is 17.7 Å². The maximum absolute atomic E-state index is 11.8. The molecular weight excluding hydrogens is 246 g/mol. The predicted octanol–water partition coefficient (Wildman–Crippen LogP) is 1.40. The topological polar surface area (TPSA) is 76.5 Å². The molecule has 0 bridgehead atoms. The Kier molecular flexibility index (Phi) is 3.69. The van der Waals surface area contributed by atoms with E-state index in [2.05, 4.69) is 23.9 Å². The molecule has 0 spiro atoms. The number of hydrogen-bond donors (Lipinski definition) is 1. The molecule has 0 amide bonds. The Bertz CT molecular complexity index is 655. The molecule has 2 heterocycles. The largest absolute Gasteiger partial charge is 0.462 e. The van der Waals surface area contributed by atoms with Gasteiger partial charge in [-0.25, -0.2) is 9.31 Å². The zero-order valence-electron chi connectivity index (χ0n) is 11.3. The first-order valence-corrected chi connectivity index (χ1v) is 6.30. The van der Waals surface area contributed by atoms with Crippen LogP contribution in [0.5, 0.6) is 0 Å². The molecule has 0 fully saturated rings. The van der Waals surface area contributed by atoms with Crippen LogP contribution in [0.3, 0.4) is 0 Å². The van der Waals surface area contributed by atoms with Crippen LogP contribution in [0.25, 0.3) is 5.65 Å². The van der Waals surface area contributed by atoms with Crippen molar-refractivity contribution < 1.29 is 9.53 Å². The second-order valence-electron chi connectivity index (χ2n) is 4.76. The van der Waals surface area contributed by atoms with Gasteiger partial charge in [0.2, 0.25) is 0 Å². The van der Waals surface area contributed by atoms with Crippen molar-refractivity contribution in [2.24, 2.45) is 5.92 Å². The first kappa shape index (κ1) is 13.3. The van der Waals surface area contributed by atoms with Crippen LogP contribution in [-0.2, 0) is 11.2 Å². The lowest BCUT2D eigenvalue weighted by Gasteiger charge is -2.07. The van der Waals surface area contributed by atoms with Crippen molar-refractivity contribution in [3.05, 3.63) is 33.9 Å². The molecule has 2 aromatic rings. The maximum Gasteiger partial charge on any atom is 0.343 e. The highest BCUT2D eigenvalue weighted by molar-refractivity contribution is 5.95. The van der Waals surface area contributed by atoms with Gasteiger partial charge in [0.1, 0.15) is 5.56 Å². The van der Waals surface area contributed by atoms with Crippen molar-refractivity contribution in [1.29, 1.82) is 0 Å². The van der Waals surface area contributed by atoms with Crippen LogP contribution in [0.1, 0.15) is 36.8 Å². The normalized spacial score (nSPS) is 11.2. The number of nitrogens with zero attached hydrogens (tertiary/aromatic N) is 2. The lowest BCUT2D eigenvalue weighted by atomic mass is 10.1. The Morgan fingerprint density at radius 1 is 1.53 bits per heavy atom. The second-order valence-corrected chi connectivity index (χ2v) is 4.76. The molecule has 102 valence electrons. The Morgan fingerprint density at radius 2 is 2.26 bits per heavy atom. The summed E-state index contributed by atoms with van der Waals surface area (Å²) >= 11 is 0. The van der Waals surface area contributed by atoms with Gasteiger partial charge in [0, 0.05) is 6.07 Å². The number of rotatable bonds is 4. The molecule has 2 aromatic heterocycles. The SMILES string of the molecule is CCOC(=O)c1cnn2c(CC(C)C)cc(=O)[nH]c12. The molecule has 0 saturated carbocycles. The van der Waals surface area contributed by atoms with Crippen molar-refractivity contribution in [1.82, 2.24) is 14.6 Å². The minimum Gasteiger partial charge on any atom is -0.462 e. The van der Waals surface area contributed by atoms with Crippen LogP contribution in [0.15, 0.2) is 17.1 Å². The summed E-state index contributed by atoms with van der Waals surface area (Å²) in [6.45, 7) is 6.13. The van der Waals surface area contributed by atoms with Gasteiger partial charge in [-0.15, -0.1) is 0 Å². The van der Waals surface area contributed by atoms with E-state index in [1.165, 1.54) is 12.3 Å². The van der Waals surface area contributed by atoms with E-state index in [0.717, 1.165) is 5.69 Å². The maximum atomic E-state index is 11.8. The quantitative estimate of drug-likeness (QED) is 0.846. The van der Waals surface area contributed by atoms with Gasteiger partial charge in [-0.1, -0.05) is 13.8 Å². The van der Waals surface area contributed by atoms with Crippen LogP contribution in [-0.4, -0.2) is 27.2 Å². The Balaban J connectivity index is 2.57. The third kappa shape index (κ3) is 2.67. The van der Waals surface area contributed by atoms with Gasteiger partial charge in [0.25, 0.3) is 5.56 Å². The number of aromatic amines is 1. The van der Waals surface area contributed by atoms with Gasteiger partial charge in [-0.3, -0.25) is 4.79 Å². The molecule has 6 heteroatoms. The number of H-pyrrole nitrogens is 1. The van der Waals surface area contributed by atoms with Crippen molar-refractivity contribution in [2.45, 2.75) is 27.2 Å². The van der Waals surface area contributed by atoms with Crippen LogP contribution < -0.4 is 5.56 Å². The molecule has 19 heavy (non-hydrogen) atoms. The smallest absolute Gasteiger partial charge is 0.343 e. The summed E-state index contributed by atoms with van der Waals surface area (Å²) in [6, 6.07) is 1.51. The number of ether oxygens (including phenoxy) is 1. The van der Waals surface area contributed by atoms with Gasteiger partial charge in [0.15, 0.2) is 5.65 Å². The van der Waals surface area contributed by atoms with Crippen molar-refractivity contribution >= 4 is 11.6 Å². The zero-order valence-corrected chi connectivity index (χ0v) is 11.3. The molecule has 0 atom stereocenters. The molecule has 0 aliphatic heterocycles. The van der Waals surface area contributed by atoms with Gasteiger partial charge in [-0.2, -0.15) is 5.10 Å². The molecule has 0 radical (unpaired) electrons. The molecular formula is C13H17N3O3. The van der Waals surface area contributed by atoms with Crippen LogP contribution in [0.4, 0.5) is 0 Å². The molecule has 1 N–H and O–H groups in total. The van der Waals surface area contributed by atoms with Gasteiger partial charge in [0.05, 0.1) is 18.5 Å². The molecule has 0 aromatic carbocycles. The molecule has 2 rings (SSSR count). The standard InChI is InChI=1S/C13H17N3O3/c1-4-19-13(18)10-7-14-16-9(5-8(2)3)6-11(17)15-12(10)16/h6-8H,4-5H2,1-3H3,(H,15,17). The highest BCUT2D eigenvalue weighted by Gasteiger charge is 2.17. The van der Waals surface area contributed by atoms with E-state index in [1.807, 2.05) is 0 Å². The van der Waals surface area contributed by atoms with Crippen molar-refractivity contribution in [3.8, 4) is 0 Å². The third-order valence-corrected chi connectivity index (χ3v) is 2.69. The fraction of sp³-hybridized carbons (Fsp3) is 0.462. The molecule has 0 aliphatic rings. The van der Waals surface area contributed by atoms with Crippen LogP contribution in [0.2, 0.25) is 0 Å². The predicted molar refractivity (Wildman–Crippen MR) is 70.3 cm³/mol. The average molecular weight is 263 g/mol. The minimum absolute atomic E-state index is 0.241. The van der Waals surface area contributed by atoms with E-state index in [1.54, 1.807) is 11.4 Å². The zero-order chi connectivity index (χ0) is 14.0. The van der Waals surface area contributed by atoms with E-state index in [4.69, 9.17) is 4.74 Å². The molecule has 0 unspecified atom stereocenters. The van der Waals surface area contributed by atoms with Crippen molar-refractivity contribution in [2.75, 3.05) is 6.61 Å². The fourth-order valence-electron chi connectivity index (χ4n) is 1.97. The highest BCUT2D eigenvalue weighted by Crippen LogP contribution is 2.12. The van der Waals surface area contributed by atoms with E-state index < -0.39 is 5.97 Å². The second kappa shape index (κ2) is 5.26. The lowest BCUT2D eigenvalue weighted by molar-refractivity contribution is 0.0528. The van der Waals surface area contributed by atoms with E-state index in [9.17, 15) is 9.59 Å².